The molecule has 6 heteroatoms. The second-order valence-corrected chi connectivity index (χ2v) is 5.00. The van der Waals surface area contributed by atoms with Crippen molar-refractivity contribution in [2.45, 2.75) is 24.8 Å². The van der Waals surface area contributed by atoms with Crippen molar-refractivity contribution in [2.75, 3.05) is 19.8 Å². The van der Waals surface area contributed by atoms with Crippen LogP contribution in [0.1, 0.15) is 19.3 Å². The number of amides is 1. The Morgan fingerprint density at radius 2 is 1.90 bits per heavy atom. The Hall–Kier alpha value is -2.08. The standard InChI is InChI=1S/C15H19NO5/c17-13(16-15(14(18)19)7-4-8-15)11-20-9-10-21-12-5-2-1-3-6-12/h1-3,5-6H,4,7-11H2,(H,16,17)(H,18,19). The summed E-state index contributed by atoms with van der Waals surface area (Å²) in [7, 11) is 0. The number of carbonyl (C=O) groups is 2. The maximum atomic E-state index is 11.6. The van der Waals surface area contributed by atoms with Crippen LogP contribution >= 0.6 is 0 Å². The van der Waals surface area contributed by atoms with Crippen LogP contribution in [0.4, 0.5) is 0 Å². The monoisotopic (exact) mass is 293 g/mol. The Balaban J connectivity index is 1.60. The second-order valence-electron chi connectivity index (χ2n) is 5.00. The van der Waals surface area contributed by atoms with Gasteiger partial charge in [0, 0.05) is 0 Å². The first-order valence-corrected chi connectivity index (χ1v) is 6.92. The van der Waals surface area contributed by atoms with Crippen molar-refractivity contribution in [1.29, 1.82) is 0 Å². The molecule has 21 heavy (non-hydrogen) atoms. The van der Waals surface area contributed by atoms with E-state index in [4.69, 9.17) is 14.6 Å². The van der Waals surface area contributed by atoms with Crippen molar-refractivity contribution in [1.82, 2.24) is 5.32 Å². The van der Waals surface area contributed by atoms with E-state index in [2.05, 4.69) is 5.32 Å². The Morgan fingerprint density at radius 1 is 1.19 bits per heavy atom. The van der Waals surface area contributed by atoms with Crippen molar-refractivity contribution in [3.8, 4) is 5.75 Å². The van der Waals surface area contributed by atoms with Crippen LogP contribution < -0.4 is 10.1 Å². The first kappa shape index (κ1) is 15.3. The van der Waals surface area contributed by atoms with Crippen molar-refractivity contribution in [3.05, 3.63) is 30.3 Å². The van der Waals surface area contributed by atoms with E-state index in [1.165, 1.54) is 0 Å². The molecule has 2 rings (SSSR count). The molecule has 0 unspecified atom stereocenters. The van der Waals surface area contributed by atoms with Crippen LogP contribution in [-0.4, -0.2) is 42.3 Å². The van der Waals surface area contributed by atoms with E-state index in [-0.39, 0.29) is 13.2 Å². The fraction of sp³-hybridized carbons (Fsp3) is 0.467. The molecule has 1 aliphatic carbocycles. The highest BCUT2D eigenvalue weighted by Crippen LogP contribution is 2.31. The van der Waals surface area contributed by atoms with Crippen LogP contribution in [-0.2, 0) is 14.3 Å². The number of benzene rings is 1. The fourth-order valence-corrected chi connectivity index (χ4v) is 2.13. The number of carboxylic acid groups (broad SMARTS) is 1. The van der Waals surface area contributed by atoms with Crippen LogP contribution in [0.25, 0.3) is 0 Å². The number of nitrogens with one attached hydrogen (secondary N) is 1. The lowest BCUT2D eigenvalue weighted by atomic mass is 9.77. The molecule has 1 aliphatic rings. The molecular formula is C15H19NO5. The minimum atomic E-state index is -1.08. The normalized spacial score (nSPS) is 15.8. The highest BCUT2D eigenvalue weighted by atomic mass is 16.5. The predicted octanol–water partition coefficient (Wildman–Crippen LogP) is 1.21. The molecule has 1 saturated carbocycles. The first-order valence-electron chi connectivity index (χ1n) is 6.92. The Morgan fingerprint density at radius 3 is 2.48 bits per heavy atom. The number of ether oxygens (including phenoxy) is 2. The molecule has 1 amide bonds. The number of rotatable bonds is 8. The van der Waals surface area contributed by atoms with Gasteiger partial charge in [-0.2, -0.15) is 0 Å². The summed E-state index contributed by atoms with van der Waals surface area (Å²) >= 11 is 0. The fourth-order valence-electron chi connectivity index (χ4n) is 2.13. The Bertz CT molecular complexity index is 484. The molecule has 1 fully saturated rings. The van der Waals surface area contributed by atoms with E-state index in [1.54, 1.807) is 0 Å². The third-order valence-electron chi connectivity index (χ3n) is 3.47. The highest BCUT2D eigenvalue weighted by molar-refractivity contribution is 5.88. The number of carbonyl (C=O) groups excluding carboxylic acids is 1. The molecule has 0 radical (unpaired) electrons. The molecule has 1 aromatic rings. The third kappa shape index (κ3) is 4.19. The molecule has 0 spiro atoms. The van der Waals surface area contributed by atoms with Gasteiger partial charge in [-0.05, 0) is 31.4 Å². The smallest absolute Gasteiger partial charge is 0.329 e. The largest absolute Gasteiger partial charge is 0.491 e. The summed E-state index contributed by atoms with van der Waals surface area (Å²) in [6, 6.07) is 9.30. The average Bonchev–Trinajstić information content (AvgIpc) is 2.43. The van der Waals surface area contributed by atoms with Gasteiger partial charge in [0.25, 0.3) is 0 Å². The molecule has 0 saturated heterocycles. The second kappa shape index (κ2) is 7.08. The summed E-state index contributed by atoms with van der Waals surface area (Å²) in [4.78, 5) is 22.7. The van der Waals surface area contributed by atoms with Crippen LogP contribution in [0.2, 0.25) is 0 Å². The lowest BCUT2D eigenvalue weighted by molar-refractivity contribution is -0.152. The molecule has 0 aromatic heterocycles. The Labute approximate surface area is 123 Å². The van der Waals surface area contributed by atoms with Gasteiger partial charge in [0.1, 0.15) is 24.5 Å². The maximum Gasteiger partial charge on any atom is 0.329 e. The van der Waals surface area contributed by atoms with Gasteiger partial charge in [0.15, 0.2) is 0 Å². The molecular weight excluding hydrogens is 274 g/mol. The summed E-state index contributed by atoms with van der Waals surface area (Å²) in [5, 5.41) is 11.6. The predicted molar refractivity (Wildman–Crippen MR) is 75.1 cm³/mol. The maximum absolute atomic E-state index is 11.6. The van der Waals surface area contributed by atoms with Gasteiger partial charge in [0.2, 0.25) is 5.91 Å². The van der Waals surface area contributed by atoms with Gasteiger partial charge in [-0.25, -0.2) is 4.79 Å². The van der Waals surface area contributed by atoms with Crippen molar-refractivity contribution in [3.63, 3.8) is 0 Å². The van der Waals surface area contributed by atoms with Crippen LogP contribution in [0.15, 0.2) is 30.3 Å². The molecule has 114 valence electrons. The lowest BCUT2D eigenvalue weighted by Gasteiger charge is -2.38. The molecule has 0 heterocycles. The third-order valence-corrected chi connectivity index (χ3v) is 3.47. The van der Waals surface area contributed by atoms with Crippen molar-refractivity contribution >= 4 is 11.9 Å². The van der Waals surface area contributed by atoms with Crippen molar-refractivity contribution in [2.24, 2.45) is 0 Å². The minimum Gasteiger partial charge on any atom is -0.491 e. The zero-order chi connectivity index (χ0) is 15.1. The summed E-state index contributed by atoms with van der Waals surface area (Å²) in [5.74, 6) is -0.642. The number of carboxylic acids is 1. The molecule has 0 bridgehead atoms. The Kier molecular flexibility index (Phi) is 5.16. The molecule has 2 N–H and O–H groups in total. The van der Waals surface area contributed by atoms with E-state index in [1.807, 2.05) is 30.3 Å². The zero-order valence-corrected chi connectivity index (χ0v) is 11.7. The molecule has 1 aromatic carbocycles. The van der Waals surface area contributed by atoms with Crippen LogP contribution in [0.5, 0.6) is 5.75 Å². The van der Waals surface area contributed by atoms with Gasteiger partial charge >= 0.3 is 5.97 Å². The van der Waals surface area contributed by atoms with E-state index in [0.717, 1.165) is 12.2 Å². The lowest BCUT2D eigenvalue weighted by Crippen LogP contribution is -2.59. The number of aliphatic carboxylic acids is 1. The van der Waals surface area contributed by atoms with Crippen LogP contribution in [0.3, 0.4) is 0 Å². The van der Waals surface area contributed by atoms with E-state index in [0.29, 0.717) is 19.4 Å². The highest BCUT2D eigenvalue weighted by Gasteiger charge is 2.45. The molecule has 0 aliphatic heterocycles. The van der Waals surface area contributed by atoms with E-state index < -0.39 is 17.4 Å². The average molecular weight is 293 g/mol. The summed E-state index contributed by atoms with van der Waals surface area (Å²) in [6.45, 7) is 0.441. The van der Waals surface area contributed by atoms with E-state index in [9.17, 15) is 9.59 Å². The minimum absolute atomic E-state index is 0.160. The number of hydrogen-bond donors (Lipinski definition) is 2. The quantitative estimate of drug-likeness (QED) is 0.704. The number of para-hydroxylation sites is 1. The van der Waals surface area contributed by atoms with Gasteiger partial charge in [-0.3, -0.25) is 4.79 Å². The SMILES string of the molecule is O=C(COCCOc1ccccc1)NC1(C(=O)O)CCC1. The summed E-state index contributed by atoms with van der Waals surface area (Å²) in [6.07, 6.45) is 1.77. The van der Waals surface area contributed by atoms with Gasteiger partial charge in [0.05, 0.1) is 6.61 Å². The topological polar surface area (TPSA) is 84.9 Å². The summed E-state index contributed by atoms with van der Waals surface area (Å²) < 4.78 is 10.6. The first-order chi connectivity index (χ1) is 10.1. The van der Waals surface area contributed by atoms with Gasteiger partial charge in [-0.15, -0.1) is 0 Å². The van der Waals surface area contributed by atoms with Crippen molar-refractivity contribution < 1.29 is 24.2 Å². The van der Waals surface area contributed by atoms with Gasteiger partial charge < -0.3 is 19.9 Å². The summed E-state index contributed by atoms with van der Waals surface area (Å²) in [5.41, 5.74) is -1.08. The molecule has 0 atom stereocenters. The van der Waals surface area contributed by atoms with Gasteiger partial charge in [-0.1, -0.05) is 18.2 Å². The molecule has 6 nitrogen and oxygen atoms in total. The van der Waals surface area contributed by atoms with Crippen LogP contribution in [0, 0.1) is 0 Å². The number of hydrogen-bond acceptors (Lipinski definition) is 4. The van der Waals surface area contributed by atoms with E-state index >= 15 is 0 Å². The zero-order valence-electron chi connectivity index (χ0n) is 11.7.